The summed E-state index contributed by atoms with van der Waals surface area (Å²) in [6.45, 7) is 0. The molecule has 1 aromatic heterocycles. The second-order valence-corrected chi connectivity index (χ2v) is 6.17. The fourth-order valence-electron chi connectivity index (χ4n) is 2.72. The fraction of sp³-hybridized carbons (Fsp3) is 0.143. The van der Waals surface area contributed by atoms with E-state index in [1.807, 2.05) is 6.07 Å². The van der Waals surface area contributed by atoms with Crippen LogP contribution in [0.5, 0.6) is 17.2 Å². The van der Waals surface area contributed by atoms with Gasteiger partial charge < -0.3 is 19.5 Å². The predicted molar refractivity (Wildman–Crippen MR) is 109 cm³/mol. The lowest BCUT2D eigenvalue weighted by molar-refractivity contribution is 0.0965. The second-order valence-electron chi connectivity index (χ2n) is 5.76. The van der Waals surface area contributed by atoms with E-state index in [2.05, 4.69) is 10.3 Å². The van der Waals surface area contributed by atoms with Crippen molar-refractivity contribution >= 4 is 34.5 Å². The largest absolute Gasteiger partial charge is 0.497 e. The summed E-state index contributed by atoms with van der Waals surface area (Å²) in [7, 11) is 4.69. The van der Waals surface area contributed by atoms with Gasteiger partial charge in [0.15, 0.2) is 0 Å². The molecule has 0 saturated carbocycles. The number of carbonyl (C=O) groups excluding carboxylic acids is 1. The smallest absolute Gasteiger partial charge is 0.273 e. The zero-order chi connectivity index (χ0) is 20.1. The maximum Gasteiger partial charge on any atom is 0.273 e. The number of methoxy groups -OCH3 is 3. The Labute approximate surface area is 167 Å². The molecule has 0 aliphatic rings. The summed E-state index contributed by atoms with van der Waals surface area (Å²) in [5.74, 6) is 1.47. The molecule has 0 aliphatic heterocycles. The third kappa shape index (κ3) is 4.02. The number of nitrogens with zero attached hydrogens (tertiary/aromatic N) is 1. The monoisotopic (exact) mass is 398 g/mol. The van der Waals surface area contributed by atoms with Crippen LogP contribution >= 0.6 is 11.6 Å². The lowest BCUT2D eigenvalue weighted by Gasteiger charge is -2.09. The second kappa shape index (κ2) is 8.63. The summed E-state index contributed by atoms with van der Waals surface area (Å²) < 4.78 is 15.9. The number of para-hydroxylation sites is 1. The van der Waals surface area contributed by atoms with Gasteiger partial charge in [0.2, 0.25) is 0 Å². The molecule has 7 heteroatoms. The van der Waals surface area contributed by atoms with Crippen LogP contribution < -0.4 is 19.5 Å². The summed E-state index contributed by atoms with van der Waals surface area (Å²) in [5.41, 5.74) is 1.46. The molecule has 144 valence electrons. The van der Waals surface area contributed by atoms with Gasteiger partial charge in [0.05, 0.1) is 31.9 Å². The van der Waals surface area contributed by atoms with E-state index in [1.165, 1.54) is 13.3 Å². The number of benzene rings is 2. The number of nitrogens with one attached hydrogen (secondary N) is 1. The Morgan fingerprint density at radius 3 is 2.54 bits per heavy atom. The Balaban J connectivity index is 1.86. The van der Waals surface area contributed by atoms with E-state index in [0.29, 0.717) is 27.8 Å². The Hall–Kier alpha value is -3.25. The first-order valence-electron chi connectivity index (χ1n) is 8.40. The number of ether oxygens (including phenoxy) is 3. The third-order valence-electron chi connectivity index (χ3n) is 4.12. The molecule has 1 heterocycles. The van der Waals surface area contributed by atoms with Gasteiger partial charge >= 0.3 is 0 Å². The Morgan fingerprint density at radius 1 is 1.04 bits per heavy atom. The number of rotatable bonds is 6. The van der Waals surface area contributed by atoms with Crippen molar-refractivity contribution in [2.24, 2.45) is 0 Å². The number of hydrogen-bond acceptors (Lipinski definition) is 5. The zero-order valence-corrected chi connectivity index (χ0v) is 16.4. The van der Waals surface area contributed by atoms with Crippen LogP contribution in [0.2, 0.25) is 5.02 Å². The van der Waals surface area contributed by atoms with Crippen LogP contribution in [0.4, 0.5) is 0 Å². The molecular formula is C21H19ClN2O4. The minimum absolute atomic E-state index is 0.194. The van der Waals surface area contributed by atoms with Gasteiger partial charge in [-0.2, -0.15) is 0 Å². The van der Waals surface area contributed by atoms with Crippen molar-refractivity contribution in [1.29, 1.82) is 0 Å². The van der Waals surface area contributed by atoms with E-state index in [1.54, 1.807) is 56.7 Å². The molecular weight excluding hydrogens is 380 g/mol. The highest BCUT2D eigenvalue weighted by Gasteiger charge is 2.13. The number of pyridine rings is 1. The quantitative estimate of drug-likeness (QED) is 0.669. The molecule has 0 spiro atoms. The average molecular weight is 399 g/mol. The Morgan fingerprint density at radius 2 is 1.82 bits per heavy atom. The van der Waals surface area contributed by atoms with Gasteiger partial charge in [0.25, 0.3) is 5.91 Å². The van der Waals surface area contributed by atoms with E-state index in [4.69, 9.17) is 25.8 Å². The number of fused-ring (bicyclic) bond motifs is 1. The van der Waals surface area contributed by atoms with Gasteiger partial charge in [0.1, 0.15) is 22.9 Å². The van der Waals surface area contributed by atoms with Crippen molar-refractivity contribution in [1.82, 2.24) is 10.3 Å². The number of halogens is 1. The highest BCUT2D eigenvalue weighted by molar-refractivity contribution is 6.35. The number of carbonyl (C=O) groups is 1. The first-order chi connectivity index (χ1) is 13.6. The van der Waals surface area contributed by atoms with E-state index >= 15 is 0 Å². The van der Waals surface area contributed by atoms with Crippen LogP contribution in [0, 0.1) is 0 Å². The van der Waals surface area contributed by atoms with Gasteiger partial charge in [-0.3, -0.25) is 4.79 Å². The minimum atomic E-state index is -0.391. The molecule has 1 N–H and O–H groups in total. The molecule has 0 aliphatic carbocycles. The minimum Gasteiger partial charge on any atom is -0.497 e. The van der Waals surface area contributed by atoms with E-state index in [9.17, 15) is 4.79 Å². The lowest BCUT2D eigenvalue weighted by Crippen LogP contribution is -2.18. The normalized spacial score (nSPS) is 10.9. The van der Waals surface area contributed by atoms with Crippen LogP contribution in [0.1, 0.15) is 16.1 Å². The highest BCUT2D eigenvalue weighted by Crippen LogP contribution is 2.30. The summed E-state index contributed by atoms with van der Waals surface area (Å²) in [6.07, 6.45) is 3.23. The zero-order valence-electron chi connectivity index (χ0n) is 15.7. The molecule has 0 bridgehead atoms. The van der Waals surface area contributed by atoms with Gasteiger partial charge in [-0.25, -0.2) is 4.98 Å². The summed E-state index contributed by atoms with van der Waals surface area (Å²) in [4.78, 5) is 16.9. The van der Waals surface area contributed by atoms with Gasteiger partial charge in [-0.05, 0) is 36.4 Å². The summed E-state index contributed by atoms with van der Waals surface area (Å²) >= 11 is 6.22. The maximum atomic E-state index is 12.6. The molecule has 2 aromatic carbocycles. The van der Waals surface area contributed by atoms with E-state index < -0.39 is 5.91 Å². The number of amides is 1. The van der Waals surface area contributed by atoms with E-state index in [-0.39, 0.29) is 5.69 Å². The van der Waals surface area contributed by atoms with Crippen molar-refractivity contribution in [3.05, 3.63) is 64.9 Å². The average Bonchev–Trinajstić information content (AvgIpc) is 2.73. The lowest BCUT2D eigenvalue weighted by atomic mass is 10.1. The van der Waals surface area contributed by atoms with Gasteiger partial charge in [-0.15, -0.1) is 0 Å². The molecule has 0 radical (unpaired) electrons. The molecule has 6 nitrogen and oxygen atoms in total. The van der Waals surface area contributed by atoms with Gasteiger partial charge in [0, 0.05) is 23.2 Å². The highest BCUT2D eigenvalue weighted by atomic mass is 35.5. The SMILES string of the molecule is COc1ccc(OC)c(/C=C/NC(=O)c2cc(OC)c3cccc(Cl)c3n2)c1. The van der Waals surface area contributed by atoms with Crippen molar-refractivity contribution in [2.75, 3.05) is 21.3 Å². The molecule has 0 unspecified atom stereocenters. The molecule has 28 heavy (non-hydrogen) atoms. The maximum absolute atomic E-state index is 12.6. The van der Waals surface area contributed by atoms with Crippen LogP contribution in [-0.4, -0.2) is 32.2 Å². The van der Waals surface area contributed by atoms with E-state index in [0.717, 1.165) is 10.9 Å². The van der Waals surface area contributed by atoms with Crippen LogP contribution in [0.15, 0.2) is 48.7 Å². The van der Waals surface area contributed by atoms with Crippen LogP contribution in [0.3, 0.4) is 0 Å². The van der Waals surface area contributed by atoms with Crippen LogP contribution in [0.25, 0.3) is 17.0 Å². The van der Waals surface area contributed by atoms with Crippen molar-refractivity contribution in [2.45, 2.75) is 0 Å². The molecule has 0 fully saturated rings. The molecule has 0 saturated heterocycles. The van der Waals surface area contributed by atoms with Gasteiger partial charge in [-0.1, -0.05) is 17.7 Å². The fourth-order valence-corrected chi connectivity index (χ4v) is 2.94. The third-order valence-corrected chi connectivity index (χ3v) is 4.42. The summed E-state index contributed by atoms with van der Waals surface area (Å²) in [5, 5.41) is 3.88. The molecule has 3 aromatic rings. The predicted octanol–water partition coefficient (Wildman–Crippen LogP) is 4.31. The molecule has 1 amide bonds. The Bertz CT molecular complexity index is 1050. The standard InChI is InChI=1S/C21H19ClN2O4/c1-26-14-7-8-18(27-2)13(11-14)9-10-23-21(25)17-12-19(28-3)15-5-4-6-16(22)20(15)24-17/h4-12H,1-3H3,(H,23,25)/b10-9+. The van der Waals surface area contributed by atoms with Crippen LogP contribution in [-0.2, 0) is 0 Å². The van der Waals surface area contributed by atoms with Crippen molar-refractivity contribution in [3.8, 4) is 17.2 Å². The topological polar surface area (TPSA) is 69.7 Å². The number of hydrogen-bond donors (Lipinski definition) is 1. The molecule has 3 rings (SSSR count). The Kier molecular flexibility index (Phi) is 6.01. The summed E-state index contributed by atoms with van der Waals surface area (Å²) in [6, 6.07) is 12.3. The van der Waals surface area contributed by atoms with Crippen molar-refractivity contribution in [3.63, 3.8) is 0 Å². The number of aromatic nitrogens is 1. The first-order valence-corrected chi connectivity index (χ1v) is 8.78. The first kappa shape index (κ1) is 19.5. The van der Waals surface area contributed by atoms with Crippen molar-refractivity contribution < 1.29 is 19.0 Å². The molecule has 0 atom stereocenters.